The number of halogens is 1. The molecule has 3 amide bonds. The number of nitrogens with zero attached hydrogens (tertiary/aromatic N) is 2. The molecule has 30 heavy (non-hydrogen) atoms. The molecular weight excluding hydrogens is 389 g/mol. The molecule has 2 N–H and O–H groups in total. The second kappa shape index (κ2) is 6.48. The first-order chi connectivity index (χ1) is 14.4. The maximum Gasteiger partial charge on any atom is 0.328 e. The van der Waals surface area contributed by atoms with Gasteiger partial charge in [-0.25, -0.2) is 9.18 Å². The van der Waals surface area contributed by atoms with Crippen LogP contribution in [-0.2, 0) is 11.2 Å². The molecule has 2 atom stereocenters. The highest BCUT2D eigenvalue weighted by molar-refractivity contribution is 6.05. The van der Waals surface area contributed by atoms with Gasteiger partial charge in [0.05, 0.1) is 6.61 Å². The van der Waals surface area contributed by atoms with E-state index in [1.807, 2.05) is 0 Å². The molecule has 0 spiro atoms. The zero-order chi connectivity index (χ0) is 21.2. The number of imide groups is 1. The number of hydrogen-bond acceptors (Lipinski definition) is 4. The number of phenolic OH excluding ortho intramolecular Hbond substituents is 1. The second-order valence-electron chi connectivity index (χ2n) is 7.58. The number of fused-ring (bicyclic) bond motifs is 4. The van der Waals surface area contributed by atoms with Crippen LogP contribution in [0.25, 0.3) is 10.9 Å². The summed E-state index contributed by atoms with van der Waals surface area (Å²) in [6, 6.07) is 7.94. The third-order valence-corrected chi connectivity index (χ3v) is 5.89. The Hall–Kier alpha value is -3.55. The van der Waals surface area contributed by atoms with Crippen LogP contribution in [0.3, 0.4) is 0 Å². The molecule has 0 saturated carbocycles. The van der Waals surface area contributed by atoms with Gasteiger partial charge in [-0.15, -0.1) is 0 Å². The molecule has 7 nitrogen and oxygen atoms in total. The summed E-state index contributed by atoms with van der Waals surface area (Å²) in [5, 5.41) is 10.8. The van der Waals surface area contributed by atoms with Crippen molar-refractivity contribution in [3.63, 3.8) is 0 Å². The average molecular weight is 409 g/mol. The molecule has 0 bridgehead atoms. The van der Waals surface area contributed by atoms with Crippen molar-refractivity contribution in [1.29, 1.82) is 0 Å². The van der Waals surface area contributed by atoms with Crippen LogP contribution in [0.15, 0.2) is 36.4 Å². The van der Waals surface area contributed by atoms with E-state index >= 15 is 0 Å². The Labute approximate surface area is 171 Å². The number of urea groups is 1. The van der Waals surface area contributed by atoms with E-state index in [-0.39, 0.29) is 17.4 Å². The van der Waals surface area contributed by atoms with Gasteiger partial charge in [-0.1, -0.05) is 12.1 Å². The minimum Gasteiger partial charge on any atom is -0.508 e. The smallest absolute Gasteiger partial charge is 0.328 e. The number of hydrogen-bond donors (Lipinski definition) is 2. The van der Waals surface area contributed by atoms with Crippen LogP contribution in [0.1, 0.15) is 29.8 Å². The van der Waals surface area contributed by atoms with Crippen LogP contribution in [0, 0.1) is 5.82 Å². The Morgan fingerprint density at radius 3 is 2.80 bits per heavy atom. The number of rotatable bonds is 3. The molecule has 2 aromatic carbocycles. The van der Waals surface area contributed by atoms with Gasteiger partial charge in [0.1, 0.15) is 17.8 Å². The van der Waals surface area contributed by atoms with E-state index in [1.165, 1.54) is 18.0 Å². The van der Waals surface area contributed by atoms with Crippen LogP contribution < -0.4 is 4.74 Å². The van der Waals surface area contributed by atoms with Gasteiger partial charge in [0.2, 0.25) is 0 Å². The van der Waals surface area contributed by atoms with E-state index in [1.54, 1.807) is 37.3 Å². The van der Waals surface area contributed by atoms with Crippen molar-refractivity contribution in [2.75, 3.05) is 13.7 Å². The molecule has 1 aromatic heterocycles. The largest absolute Gasteiger partial charge is 0.508 e. The second-order valence-corrected chi connectivity index (χ2v) is 7.58. The molecule has 3 heterocycles. The standard InChI is InChI=1S/C22H20FN3O4/c1-3-30-18-9-13-14-8-17-21(28)25(2)22(29)26(17)20(11-5-4-6-12(27)7-11)19(14)24-16(13)10-15(18)23/h4-7,9-10,17,20,24,27H,3,8H2,1-2H3. The summed E-state index contributed by atoms with van der Waals surface area (Å²) in [6.45, 7) is 2.11. The summed E-state index contributed by atoms with van der Waals surface area (Å²) in [4.78, 5) is 31.6. The van der Waals surface area contributed by atoms with Crippen molar-refractivity contribution < 1.29 is 23.8 Å². The summed E-state index contributed by atoms with van der Waals surface area (Å²) < 4.78 is 19.9. The molecule has 8 heteroatoms. The number of ether oxygens (including phenoxy) is 1. The van der Waals surface area contributed by atoms with Crippen LogP contribution in [0.5, 0.6) is 11.5 Å². The minimum absolute atomic E-state index is 0.0586. The van der Waals surface area contributed by atoms with Gasteiger partial charge in [-0.05, 0) is 36.2 Å². The third-order valence-electron chi connectivity index (χ3n) is 5.89. The number of aromatic hydroxyl groups is 1. The fourth-order valence-corrected chi connectivity index (χ4v) is 4.57. The van der Waals surface area contributed by atoms with Crippen molar-refractivity contribution in [2.45, 2.75) is 25.4 Å². The molecule has 3 aromatic rings. The van der Waals surface area contributed by atoms with E-state index in [0.29, 0.717) is 29.8 Å². The number of benzene rings is 2. The van der Waals surface area contributed by atoms with Gasteiger partial charge in [0, 0.05) is 36.1 Å². The Morgan fingerprint density at radius 1 is 1.27 bits per heavy atom. The molecule has 2 aliphatic rings. The molecule has 1 saturated heterocycles. The van der Waals surface area contributed by atoms with E-state index in [0.717, 1.165) is 15.8 Å². The molecule has 0 aliphatic carbocycles. The number of nitrogens with one attached hydrogen (secondary N) is 1. The lowest BCUT2D eigenvalue weighted by molar-refractivity contribution is -0.127. The van der Waals surface area contributed by atoms with E-state index in [9.17, 15) is 19.1 Å². The maximum absolute atomic E-state index is 14.4. The van der Waals surface area contributed by atoms with Crippen molar-refractivity contribution in [2.24, 2.45) is 0 Å². The van der Waals surface area contributed by atoms with Crippen LogP contribution in [0.4, 0.5) is 9.18 Å². The zero-order valence-corrected chi connectivity index (χ0v) is 16.5. The van der Waals surface area contributed by atoms with Crippen molar-refractivity contribution in [1.82, 2.24) is 14.8 Å². The highest BCUT2D eigenvalue weighted by Crippen LogP contribution is 2.45. The lowest BCUT2D eigenvalue weighted by Crippen LogP contribution is -2.44. The number of carbonyl (C=O) groups is 2. The first kappa shape index (κ1) is 18.5. The fourth-order valence-electron chi connectivity index (χ4n) is 4.57. The van der Waals surface area contributed by atoms with Gasteiger partial charge < -0.3 is 14.8 Å². The quantitative estimate of drug-likeness (QED) is 0.650. The predicted molar refractivity (Wildman–Crippen MR) is 107 cm³/mol. The first-order valence-electron chi connectivity index (χ1n) is 9.76. The summed E-state index contributed by atoms with van der Waals surface area (Å²) in [6.07, 6.45) is 0.316. The van der Waals surface area contributed by atoms with Gasteiger partial charge in [0.15, 0.2) is 11.6 Å². The number of aromatic amines is 1. The molecule has 0 radical (unpaired) electrons. The first-order valence-corrected chi connectivity index (χ1v) is 9.76. The van der Waals surface area contributed by atoms with Crippen molar-refractivity contribution in [3.8, 4) is 11.5 Å². The number of carbonyl (C=O) groups excluding carboxylic acids is 2. The molecule has 5 rings (SSSR count). The Bertz CT molecular complexity index is 1200. The average Bonchev–Trinajstić information content (AvgIpc) is 3.17. The molecule has 1 fully saturated rings. The summed E-state index contributed by atoms with van der Waals surface area (Å²) in [5.41, 5.74) is 2.78. The number of amides is 3. The summed E-state index contributed by atoms with van der Waals surface area (Å²) in [5.74, 6) is -0.557. The predicted octanol–water partition coefficient (Wildman–Crippen LogP) is 3.32. The monoisotopic (exact) mass is 409 g/mol. The maximum atomic E-state index is 14.4. The zero-order valence-electron chi connectivity index (χ0n) is 16.5. The lowest BCUT2D eigenvalue weighted by atomic mass is 9.88. The lowest BCUT2D eigenvalue weighted by Gasteiger charge is -2.36. The fraction of sp³-hybridized carbons (Fsp3) is 0.273. The van der Waals surface area contributed by atoms with E-state index < -0.39 is 23.9 Å². The molecule has 2 unspecified atom stereocenters. The molecule has 2 aliphatic heterocycles. The number of aromatic nitrogens is 1. The van der Waals surface area contributed by atoms with Crippen LogP contribution in [-0.4, -0.2) is 51.5 Å². The minimum atomic E-state index is -0.665. The topological polar surface area (TPSA) is 85.9 Å². The van der Waals surface area contributed by atoms with Gasteiger partial charge in [-0.3, -0.25) is 14.6 Å². The SMILES string of the molecule is CCOc1cc2c3c([nH]c2cc1F)C(c1cccc(O)c1)N1C(=O)N(C)C(=O)C1C3. The van der Waals surface area contributed by atoms with Crippen molar-refractivity contribution in [3.05, 3.63) is 59.0 Å². The number of likely N-dealkylation sites (N-methyl/N-ethyl adjacent to an activating group) is 1. The van der Waals surface area contributed by atoms with E-state index in [2.05, 4.69) is 4.98 Å². The third kappa shape index (κ3) is 2.49. The molecular formula is C22H20FN3O4. The van der Waals surface area contributed by atoms with E-state index in [4.69, 9.17) is 4.74 Å². The molecule has 154 valence electrons. The van der Waals surface area contributed by atoms with Gasteiger partial charge in [-0.2, -0.15) is 0 Å². The van der Waals surface area contributed by atoms with Crippen LogP contribution >= 0.6 is 0 Å². The summed E-state index contributed by atoms with van der Waals surface area (Å²) >= 11 is 0. The summed E-state index contributed by atoms with van der Waals surface area (Å²) in [7, 11) is 1.47. The highest BCUT2D eigenvalue weighted by Gasteiger charge is 2.51. The van der Waals surface area contributed by atoms with Crippen LogP contribution in [0.2, 0.25) is 0 Å². The highest BCUT2D eigenvalue weighted by atomic mass is 19.1. The normalized spacial score (nSPS) is 20.6. The Morgan fingerprint density at radius 2 is 2.07 bits per heavy atom. The number of H-pyrrole nitrogens is 1. The Balaban J connectivity index is 1.76. The Kier molecular flexibility index (Phi) is 3.99. The van der Waals surface area contributed by atoms with Gasteiger partial charge >= 0.3 is 6.03 Å². The van der Waals surface area contributed by atoms with Crippen molar-refractivity contribution >= 4 is 22.8 Å². The van der Waals surface area contributed by atoms with Gasteiger partial charge in [0.25, 0.3) is 5.91 Å². The number of phenols is 1.